The molecule has 5 rings (SSSR count). The molecular formula is C26H28N4O. The number of benzene rings is 1. The van der Waals surface area contributed by atoms with Gasteiger partial charge in [0.05, 0.1) is 5.92 Å². The molecule has 2 N–H and O–H groups in total. The molecule has 3 aliphatic rings. The van der Waals surface area contributed by atoms with Crippen LogP contribution in [0.15, 0.2) is 77.1 Å². The molecule has 1 aromatic carbocycles. The highest BCUT2D eigenvalue weighted by Gasteiger charge is 2.48. The van der Waals surface area contributed by atoms with Crippen molar-refractivity contribution in [1.82, 2.24) is 9.88 Å². The number of aromatic nitrogens is 1. The fraction of sp³-hybridized carbons (Fsp3) is 0.346. The van der Waals surface area contributed by atoms with Crippen LogP contribution in [-0.2, 0) is 10.3 Å². The fourth-order valence-corrected chi connectivity index (χ4v) is 4.93. The van der Waals surface area contributed by atoms with Crippen molar-refractivity contribution in [3.05, 3.63) is 77.7 Å². The molecule has 0 spiro atoms. The van der Waals surface area contributed by atoms with Gasteiger partial charge < -0.3 is 5.73 Å². The zero-order valence-corrected chi connectivity index (χ0v) is 18.1. The van der Waals surface area contributed by atoms with Gasteiger partial charge in [0.2, 0.25) is 5.91 Å². The molecule has 1 fully saturated rings. The standard InChI is InChI=1S/C26H28N4O/c1-26(22-7-3-5-20(15-22)21-6-4-14-28-16-21)23(24(31)30(2)25(27)29-26)19-12-10-18(11-13-19)17-8-9-17/h3-7,10,12,14-17,23H,8-9,11,13H2,1-2H3,(H2,27,29)/t23-,26-/m1/s1. The lowest BCUT2D eigenvalue weighted by atomic mass is 9.71. The number of allylic oxidation sites excluding steroid dienone is 3. The number of nitrogens with zero attached hydrogens (tertiary/aromatic N) is 3. The van der Waals surface area contributed by atoms with Crippen molar-refractivity contribution in [3.8, 4) is 11.1 Å². The molecule has 0 bridgehead atoms. The van der Waals surface area contributed by atoms with Crippen LogP contribution in [0.2, 0.25) is 0 Å². The van der Waals surface area contributed by atoms with Gasteiger partial charge in [0.1, 0.15) is 5.54 Å². The maximum atomic E-state index is 13.5. The van der Waals surface area contributed by atoms with Crippen LogP contribution in [0.25, 0.3) is 11.1 Å². The summed E-state index contributed by atoms with van der Waals surface area (Å²) in [6, 6.07) is 12.2. The SMILES string of the molecule is CN1C(=O)[C@@H](C2=CC=C(C3CC3)CC2)[C@@](C)(c2cccc(-c3cccnc3)c2)N=C1N. The van der Waals surface area contributed by atoms with Gasteiger partial charge in [-0.1, -0.05) is 47.6 Å². The predicted molar refractivity (Wildman–Crippen MR) is 123 cm³/mol. The van der Waals surface area contributed by atoms with Crippen molar-refractivity contribution in [2.45, 2.75) is 38.1 Å². The van der Waals surface area contributed by atoms with E-state index >= 15 is 0 Å². The fourth-order valence-electron chi connectivity index (χ4n) is 4.93. The molecule has 0 radical (unpaired) electrons. The largest absolute Gasteiger partial charge is 0.369 e. The number of hydrogen-bond acceptors (Lipinski definition) is 4. The minimum Gasteiger partial charge on any atom is -0.369 e. The van der Waals surface area contributed by atoms with Crippen LogP contribution in [0.4, 0.5) is 0 Å². The Morgan fingerprint density at radius 2 is 1.81 bits per heavy atom. The highest BCUT2D eigenvalue weighted by Crippen LogP contribution is 2.47. The highest BCUT2D eigenvalue weighted by atomic mass is 16.2. The van der Waals surface area contributed by atoms with E-state index in [-0.39, 0.29) is 17.8 Å². The Hall–Kier alpha value is -3.21. The van der Waals surface area contributed by atoms with Gasteiger partial charge in [0.25, 0.3) is 0 Å². The number of rotatable bonds is 4. The molecule has 2 aliphatic carbocycles. The predicted octanol–water partition coefficient (Wildman–Crippen LogP) is 4.42. The molecule has 1 amide bonds. The van der Waals surface area contributed by atoms with Crippen LogP contribution in [0.5, 0.6) is 0 Å². The van der Waals surface area contributed by atoms with E-state index in [0.29, 0.717) is 0 Å². The lowest BCUT2D eigenvalue weighted by Crippen LogP contribution is -2.54. The molecule has 158 valence electrons. The number of amides is 1. The van der Waals surface area contributed by atoms with Crippen LogP contribution in [0.1, 0.15) is 38.2 Å². The van der Waals surface area contributed by atoms with Gasteiger partial charge in [-0.25, -0.2) is 4.99 Å². The second-order valence-corrected chi connectivity index (χ2v) is 9.03. The first-order valence-electron chi connectivity index (χ1n) is 11.0. The first-order valence-corrected chi connectivity index (χ1v) is 11.0. The van der Waals surface area contributed by atoms with Crippen LogP contribution >= 0.6 is 0 Å². The number of guanidine groups is 1. The van der Waals surface area contributed by atoms with Gasteiger partial charge in [0, 0.05) is 19.4 Å². The summed E-state index contributed by atoms with van der Waals surface area (Å²) >= 11 is 0. The Morgan fingerprint density at radius 3 is 2.48 bits per heavy atom. The zero-order chi connectivity index (χ0) is 21.6. The van der Waals surface area contributed by atoms with E-state index in [0.717, 1.165) is 41.0 Å². The third-order valence-corrected chi connectivity index (χ3v) is 6.96. The number of nitrogens with two attached hydrogens (primary N) is 1. The minimum absolute atomic E-state index is 0.0105. The summed E-state index contributed by atoms with van der Waals surface area (Å²) in [6.45, 7) is 2.04. The monoisotopic (exact) mass is 412 g/mol. The highest BCUT2D eigenvalue weighted by molar-refractivity contribution is 6.01. The minimum atomic E-state index is -0.761. The molecule has 1 saturated carbocycles. The van der Waals surface area contributed by atoms with Gasteiger partial charge >= 0.3 is 0 Å². The van der Waals surface area contributed by atoms with Gasteiger partial charge in [-0.3, -0.25) is 14.7 Å². The summed E-state index contributed by atoms with van der Waals surface area (Å²) in [5, 5.41) is 0. The summed E-state index contributed by atoms with van der Waals surface area (Å²) in [6.07, 6.45) is 12.6. The van der Waals surface area contributed by atoms with Gasteiger partial charge in [-0.2, -0.15) is 0 Å². The van der Waals surface area contributed by atoms with Crippen molar-refractivity contribution >= 4 is 11.9 Å². The number of aliphatic imine (C=N–C) groups is 1. The maximum absolute atomic E-state index is 13.5. The van der Waals surface area contributed by atoms with E-state index in [1.807, 2.05) is 31.3 Å². The first kappa shape index (κ1) is 19.7. The Labute approximate surface area is 183 Å². The molecule has 1 aliphatic heterocycles. The molecule has 31 heavy (non-hydrogen) atoms. The van der Waals surface area contributed by atoms with E-state index in [4.69, 9.17) is 10.7 Å². The maximum Gasteiger partial charge on any atom is 0.239 e. The molecule has 2 atom stereocenters. The summed E-state index contributed by atoms with van der Waals surface area (Å²) in [4.78, 5) is 24.1. The average molecular weight is 413 g/mol. The third-order valence-electron chi connectivity index (χ3n) is 6.96. The van der Waals surface area contributed by atoms with Crippen molar-refractivity contribution in [3.63, 3.8) is 0 Å². The molecule has 5 heteroatoms. The number of carbonyl (C=O) groups is 1. The lowest BCUT2D eigenvalue weighted by Gasteiger charge is -2.42. The molecule has 2 aromatic rings. The van der Waals surface area contributed by atoms with Crippen LogP contribution in [0, 0.1) is 11.8 Å². The number of hydrogen-bond donors (Lipinski definition) is 1. The first-order chi connectivity index (χ1) is 15.0. The van der Waals surface area contributed by atoms with Crippen molar-refractivity contribution in [2.24, 2.45) is 22.6 Å². The lowest BCUT2D eigenvalue weighted by molar-refractivity contribution is -0.132. The van der Waals surface area contributed by atoms with Crippen molar-refractivity contribution in [2.75, 3.05) is 7.05 Å². The average Bonchev–Trinajstić information content (AvgIpc) is 3.64. The second-order valence-electron chi connectivity index (χ2n) is 9.03. The number of carbonyl (C=O) groups excluding carboxylic acids is 1. The van der Waals surface area contributed by atoms with E-state index in [1.165, 1.54) is 23.3 Å². The molecule has 5 nitrogen and oxygen atoms in total. The molecule has 0 saturated heterocycles. The van der Waals surface area contributed by atoms with Gasteiger partial charge in [0.15, 0.2) is 5.96 Å². The van der Waals surface area contributed by atoms with Crippen LogP contribution in [0.3, 0.4) is 0 Å². The topological polar surface area (TPSA) is 71.6 Å². The third kappa shape index (κ3) is 3.48. The number of pyridine rings is 1. The Kier molecular flexibility index (Phi) is 4.77. The van der Waals surface area contributed by atoms with Gasteiger partial charge in [-0.15, -0.1) is 0 Å². The van der Waals surface area contributed by atoms with E-state index in [1.54, 1.807) is 13.2 Å². The zero-order valence-electron chi connectivity index (χ0n) is 18.1. The quantitative estimate of drug-likeness (QED) is 0.808. The Morgan fingerprint density at radius 1 is 1.06 bits per heavy atom. The Balaban J connectivity index is 1.60. The smallest absolute Gasteiger partial charge is 0.239 e. The van der Waals surface area contributed by atoms with Crippen LogP contribution in [-0.4, -0.2) is 28.8 Å². The van der Waals surface area contributed by atoms with Gasteiger partial charge in [-0.05, 0) is 67.3 Å². The summed E-state index contributed by atoms with van der Waals surface area (Å²) in [7, 11) is 1.72. The molecule has 2 heterocycles. The molecule has 0 unspecified atom stereocenters. The van der Waals surface area contributed by atoms with Crippen molar-refractivity contribution in [1.29, 1.82) is 0 Å². The normalized spacial score (nSPS) is 26.3. The summed E-state index contributed by atoms with van der Waals surface area (Å²) in [5.74, 6) is 0.669. The van der Waals surface area contributed by atoms with E-state index in [2.05, 4.69) is 35.3 Å². The van der Waals surface area contributed by atoms with E-state index in [9.17, 15) is 4.79 Å². The second kappa shape index (κ2) is 7.49. The van der Waals surface area contributed by atoms with Crippen LogP contribution < -0.4 is 5.73 Å². The summed E-state index contributed by atoms with van der Waals surface area (Å²) in [5.41, 5.74) is 11.2. The van der Waals surface area contributed by atoms with E-state index < -0.39 is 5.54 Å². The molecule has 1 aromatic heterocycles. The summed E-state index contributed by atoms with van der Waals surface area (Å²) < 4.78 is 0. The Bertz CT molecular complexity index is 1110. The van der Waals surface area contributed by atoms with Crippen molar-refractivity contribution < 1.29 is 4.79 Å². The molecular weight excluding hydrogens is 384 g/mol.